The number of carbonyl (C=O) groups is 2. The molecule has 10 heteroatoms. The van der Waals surface area contributed by atoms with Crippen LogP contribution in [0.4, 0.5) is 11.4 Å². The number of methoxy groups -OCH3 is 3. The van der Waals surface area contributed by atoms with Gasteiger partial charge in [-0.05, 0) is 55.8 Å². The van der Waals surface area contributed by atoms with Crippen LogP contribution in [-0.4, -0.2) is 48.2 Å². The molecule has 0 atom stereocenters. The van der Waals surface area contributed by atoms with Crippen molar-refractivity contribution in [3.8, 4) is 11.5 Å². The first-order valence-electron chi connectivity index (χ1n) is 10.9. The molecular formula is C26H28N2O7S. The van der Waals surface area contributed by atoms with Gasteiger partial charge in [0.1, 0.15) is 18.0 Å². The molecule has 1 N–H and O–H groups in total. The second kappa shape index (κ2) is 11.1. The van der Waals surface area contributed by atoms with Gasteiger partial charge in [0.25, 0.3) is 10.0 Å². The zero-order valence-electron chi connectivity index (χ0n) is 20.7. The van der Waals surface area contributed by atoms with Gasteiger partial charge >= 0.3 is 5.97 Å². The van der Waals surface area contributed by atoms with E-state index in [9.17, 15) is 18.0 Å². The number of nitrogens with zero attached hydrogens (tertiary/aromatic N) is 1. The second-order valence-electron chi connectivity index (χ2n) is 7.88. The number of anilines is 2. The van der Waals surface area contributed by atoms with Crippen molar-refractivity contribution in [1.29, 1.82) is 0 Å². The topological polar surface area (TPSA) is 111 Å². The number of rotatable bonds is 9. The summed E-state index contributed by atoms with van der Waals surface area (Å²) in [5.41, 5.74) is 2.19. The van der Waals surface area contributed by atoms with Crippen LogP contribution in [0.5, 0.6) is 11.5 Å². The molecular weight excluding hydrogens is 484 g/mol. The van der Waals surface area contributed by atoms with Gasteiger partial charge in [-0.2, -0.15) is 0 Å². The highest BCUT2D eigenvalue weighted by Gasteiger charge is 2.30. The number of carbonyl (C=O) groups excluding carboxylic acids is 2. The van der Waals surface area contributed by atoms with Crippen molar-refractivity contribution in [2.24, 2.45) is 0 Å². The SMILES string of the molecule is COC(=O)c1cccc(NC(=O)CN(c2ccc(OC)cc2OC)S(=O)(=O)c2ccc(C)cc2)c1C. The number of aryl methyl sites for hydroxylation is 1. The number of ether oxygens (including phenoxy) is 3. The summed E-state index contributed by atoms with van der Waals surface area (Å²) in [5.74, 6) is -0.492. The summed E-state index contributed by atoms with van der Waals surface area (Å²) in [6.07, 6.45) is 0. The van der Waals surface area contributed by atoms with Gasteiger partial charge in [-0.25, -0.2) is 13.2 Å². The van der Waals surface area contributed by atoms with Gasteiger partial charge in [0.15, 0.2) is 0 Å². The zero-order chi connectivity index (χ0) is 26.5. The molecule has 0 aromatic heterocycles. The first-order chi connectivity index (χ1) is 17.1. The Hall–Kier alpha value is -4.05. The van der Waals surface area contributed by atoms with Crippen LogP contribution in [0, 0.1) is 13.8 Å². The number of hydrogen-bond donors (Lipinski definition) is 1. The van der Waals surface area contributed by atoms with E-state index in [-0.39, 0.29) is 21.9 Å². The van der Waals surface area contributed by atoms with Crippen LogP contribution < -0.4 is 19.1 Å². The Morgan fingerprint density at radius 1 is 0.917 bits per heavy atom. The van der Waals surface area contributed by atoms with Crippen molar-refractivity contribution in [3.63, 3.8) is 0 Å². The lowest BCUT2D eigenvalue weighted by Crippen LogP contribution is -2.38. The maximum absolute atomic E-state index is 13.7. The van der Waals surface area contributed by atoms with Gasteiger partial charge in [0.05, 0.1) is 37.5 Å². The van der Waals surface area contributed by atoms with E-state index >= 15 is 0 Å². The highest BCUT2D eigenvalue weighted by molar-refractivity contribution is 7.92. The molecule has 0 bridgehead atoms. The molecule has 0 radical (unpaired) electrons. The number of esters is 1. The molecule has 0 heterocycles. The number of hydrogen-bond acceptors (Lipinski definition) is 7. The van der Waals surface area contributed by atoms with Gasteiger partial charge in [-0.1, -0.05) is 23.8 Å². The fourth-order valence-corrected chi connectivity index (χ4v) is 4.98. The third kappa shape index (κ3) is 5.60. The summed E-state index contributed by atoms with van der Waals surface area (Å²) in [5, 5.41) is 2.70. The Balaban J connectivity index is 2.03. The number of sulfonamides is 1. The lowest BCUT2D eigenvalue weighted by atomic mass is 10.1. The van der Waals surface area contributed by atoms with Gasteiger partial charge in [-0.15, -0.1) is 0 Å². The zero-order valence-corrected chi connectivity index (χ0v) is 21.5. The monoisotopic (exact) mass is 512 g/mol. The molecule has 0 spiro atoms. The minimum Gasteiger partial charge on any atom is -0.497 e. The Bertz CT molecular complexity index is 1370. The van der Waals surface area contributed by atoms with Crippen LogP contribution in [0.25, 0.3) is 0 Å². The third-order valence-corrected chi connectivity index (χ3v) is 7.34. The molecule has 0 aliphatic heterocycles. The molecule has 0 fully saturated rings. The van der Waals surface area contributed by atoms with E-state index in [4.69, 9.17) is 14.2 Å². The van der Waals surface area contributed by atoms with Gasteiger partial charge in [-0.3, -0.25) is 9.10 Å². The molecule has 1 amide bonds. The molecule has 0 aliphatic rings. The molecule has 0 aliphatic carbocycles. The van der Waals surface area contributed by atoms with Crippen LogP contribution >= 0.6 is 0 Å². The standard InChI is InChI=1S/C26H28N2O7S/c1-17-9-12-20(13-10-17)36(31,32)28(23-14-11-19(33-3)15-24(23)34-4)16-25(29)27-22-8-6-7-21(18(22)2)26(30)35-5/h6-15H,16H2,1-5H3,(H,27,29). The maximum atomic E-state index is 13.7. The Kier molecular flexibility index (Phi) is 8.21. The average Bonchev–Trinajstić information content (AvgIpc) is 2.87. The van der Waals surface area contributed by atoms with Crippen LogP contribution in [0.1, 0.15) is 21.5 Å². The normalized spacial score (nSPS) is 10.9. The fourth-order valence-electron chi connectivity index (χ4n) is 3.55. The molecule has 0 unspecified atom stereocenters. The Morgan fingerprint density at radius 2 is 1.61 bits per heavy atom. The van der Waals surface area contributed by atoms with Crippen molar-refractivity contribution < 1.29 is 32.2 Å². The van der Waals surface area contributed by atoms with E-state index in [0.717, 1.165) is 9.87 Å². The Labute approximate surface area is 210 Å². The van der Waals surface area contributed by atoms with Crippen LogP contribution in [0.2, 0.25) is 0 Å². The second-order valence-corrected chi connectivity index (χ2v) is 9.74. The maximum Gasteiger partial charge on any atom is 0.338 e. The number of amides is 1. The smallest absolute Gasteiger partial charge is 0.338 e. The molecule has 9 nitrogen and oxygen atoms in total. The summed E-state index contributed by atoms with van der Waals surface area (Å²) in [6.45, 7) is 2.95. The lowest BCUT2D eigenvalue weighted by molar-refractivity contribution is -0.114. The molecule has 3 aromatic rings. The van der Waals surface area contributed by atoms with E-state index in [1.165, 1.54) is 45.6 Å². The molecule has 3 rings (SSSR count). The minimum atomic E-state index is -4.17. The molecule has 3 aromatic carbocycles. The van der Waals surface area contributed by atoms with Crippen molar-refractivity contribution >= 4 is 33.3 Å². The minimum absolute atomic E-state index is 0.0163. The highest BCUT2D eigenvalue weighted by Crippen LogP contribution is 2.35. The van der Waals surface area contributed by atoms with Crippen LogP contribution in [0.3, 0.4) is 0 Å². The summed E-state index contributed by atoms with van der Waals surface area (Å²) < 4.78 is 43.8. The summed E-state index contributed by atoms with van der Waals surface area (Å²) in [6, 6.07) is 15.7. The molecule has 0 saturated heterocycles. The van der Waals surface area contributed by atoms with Gasteiger partial charge in [0, 0.05) is 11.8 Å². The fraction of sp³-hybridized carbons (Fsp3) is 0.231. The molecule has 190 valence electrons. The van der Waals surface area contributed by atoms with Crippen molar-refractivity contribution in [3.05, 3.63) is 77.4 Å². The van der Waals surface area contributed by atoms with Crippen molar-refractivity contribution in [1.82, 2.24) is 0 Å². The first kappa shape index (κ1) is 26.6. The van der Waals surface area contributed by atoms with Crippen molar-refractivity contribution in [2.75, 3.05) is 37.5 Å². The average molecular weight is 513 g/mol. The summed E-state index contributed by atoms with van der Waals surface area (Å²) >= 11 is 0. The van der Waals surface area contributed by atoms with E-state index in [0.29, 0.717) is 17.0 Å². The quantitative estimate of drug-likeness (QED) is 0.432. The van der Waals surface area contributed by atoms with Crippen LogP contribution in [-0.2, 0) is 19.6 Å². The van der Waals surface area contributed by atoms with E-state index in [1.54, 1.807) is 43.3 Å². The van der Waals surface area contributed by atoms with Gasteiger partial charge in [0.2, 0.25) is 5.91 Å². The van der Waals surface area contributed by atoms with E-state index < -0.39 is 28.4 Å². The number of nitrogens with one attached hydrogen (secondary N) is 1. The molecule has 0 saturated carbocycles. The van der Waals surface area contributed by atoms with Crippen molar-refractivity contribution in [2.45, 2.75) is 18.7 Å². The Morgan fingerprint density at radius 3 is 2.22 bits per heavy atom. The highest BCUT2D eigenvalue weighted by atomic mass is 32.2. The van der Waals surface area contributed by atoms with E-state index in [2.05, 4.69) is 5.32 Å². The lowest BCUT2D eigenvalue weighted by Gasteiger charge is -2.26. The number of benzene rings is 3. The first-order valence-corrected chi connectivity index (χ1v) is 12.4. The summed E-state index contributed by atoms with van der Waals surface area (Å²) in [4.78, 5) is 25.2. The predicted octanol–water partition coefficient (Wildman–Crippen LogP) is 3.94. The van der Waals surface area contributed by atoms with Crippen LogP contribution in [0.15, 0.2) is 65.6 Å². The largest absolute Gasteiger partial charge is 0.497 e. The third-order valence-electron chi connectivity index (χ3n) is 5.56. The van der Waals surface area contributed by atoms with Gasteiger partial charge < -0.3 is 19.5 Å². The summed E-state index contributed by atoms with van der Waals surface area (Å²) in [7, 11) is -0.0224. The van der Waals surface area contributed by atoms with E-state index in [1.807, 2.05) is 6.92 Å². The predicted molar refractivity (Wildman–Crippen MR) is 136 cm³/mol. The molecule has 36 heavy (non-hydrogen) atoms.